The predicted molar refractivity (Wildman–Crippen MR) is 100 cm³/mol. The Bertz CT molecular complexity index is 607. The van der Waals surface area contributed by atoms with Crippen molar-refractivity contribution in [2.75, 3.05) is 6.54 Å². The Morgan fingerprint density at radius 3 is 2.29 bits per heavy atom. The van der Waals surface area contributed by atoms with E-state index in [2.05, 4.69) is 35.2 Å². The molecule has 0 aromatic heterocycles. The molecule has 0 aliphatic heterocycles. The fourth-order valence-corrected chi connectivity index (χ4v) is 3.75. The van der Waals surface area contributed by atoms with Gasteiger partial charge in [0, 0.05) is 24.2 Å². The summed E-state index contributed by atoms with van der Waals surface area (Å²) in [6.45, 7) is 1.57. The number of aliphatic hydroxyl groups excluding tert-OH is 1. The van der Waals surface area contributed by atoms with Crippen LogP contribution in [0.5, 0.6) is 0 Å². The van der Waals surface area contributed by atoms with Gasteiger partial charge < -0.3 is 5.11 Å². The minimum absolute atomic E-state index is 0.479. The van der Waals surface area contributed by atoms with E-state index in [-0.39, 0.29) is 0 Å². The van der Waals surface area contributed by atoms with Crippen LogP contribution in [0, 0.1) is 0 Å². The summed E-state index contributed by atoms with van der Waals surface area (Å²) in [6.07, 6.45) is 5.93. The minimum Gasteiger partial charge on any atom is -0.387 e. The van der Waals surface area contributed by atoms with E-state index in [0.29, 0.717) is 17.6 Å². The van der Waals surface area contributed by atoms with E-state index in [4.69, 9.17) is 11.6 Å². The third-order valence-electron chi connectivity index (χ3n) is 4.98. The third kappa shape index (κ3) is 4.83. The SMILES string of the molecule is O[C@H](CN(Cc1ccccc1)C1CCCCC1)c1ccc(Cl)cc1. The number of hydrogen-bond donors (Lipinski definition) is 1. The lowest BCUT2D eigenvalue weighted by Crippen LogP contribution is -2.39. The molecule has 1 aliphatic carbocycles. The van der Waals surface area contributed by atoms with E-state index in [1.165, 1.54) is 37.7 Å². The minimum atomic E-state index is -0.479. The first-order valence-electron chi connectivity index (χ1n) is 8.94. The van der Waals surface area contributed by atoms with Crippen molar-refractivity contribution in [1.29, 1.82) is 0 Å². The van der Waals surface area contributed by atoms with Gasteiger partial charge in [0.1, 0.15) is 0 Å². The average Bonchev–Trinajstić information content (AvgIpc) is 2.63. The Morgan fingerprint density at radius 1 is 0.958 bits per heavy atom. The second kappa shape index (κ2) is 8.66. The van der Waals surface area contributed by atoms with Crippen LogP contribution >= 0.6 is 11.6 Å². The van der Waals surface area contributed by atoms with Crippen molar-refractivity contribution in [3.63, 3.8) is 0 Å². The second-order valence-corrected chi connectivity index (χ2v) is 7.21. The molecule has 0 bridgehead atoms. The molecule has 1 saturated carbocycles. The molecule has 0 spiro atoms. The Labute approximate surface area is 150 Å². The van der Waals surface area contributed by atoms with Crippen LogP contribution in [0.15, 0.2) is 54.6 Å². The number of hydrogen-bond acceptors (Lipinski definition) is 2. The zero-order valence-electron chi connectivity index (χ0n) is 14.1. The van der Waals surface area contributed by atoms with Gasteiger partial charge in [-0.1, -0.05) is 73.3 Å². The summed E-state index contributed by atoms with van der Waals surface area (Å²) in [5.41, 5.74) is 2.25. The molecule has 24 heavy (non-hydrogen) atoms. The van der Waals surface area contributed by atoms with Gasteiger partial charge in [-0.05, 0) is 36.1 Å². The summed E-state index contributed by atoms with van der Waals surface area (Å²) in [4.78, 5) is 2.47. The molecule has 0 saturated heterocycles. The highest BCUT2D eigenvalue weighted by molar-refractivity contribution is 6.30. The zero-order chi connectivity index (χ0) is 16.8. The van der Waals surface area contributed by atoms with Crippen LogP contribution in [0.2, 0.25) is 5.02 Å². The van der Waals surface area contributed by atoms with Crippen molar-refractivity contribution in [2.45, 2.75) is 50.8 Å². The summed E-state index contributed by atoms with van der Waals surface area (Å²) in [5, 5.41) is 11.4. The number of rotatable bonds is 6. The second-order valence-electron chi connectivity index (χ2n) is 6.77. The zero-order valence-corrected chi connectivity index (χ0v) is 14.8. The molecule has 2 nitrogen and oxygen atoms in total. The maximum atomic E-state index is 10.7. The molecule has 0 heterocycles. The predicted octanol–water partition coefficient (Wildman–Crippen LogP) is 5.21. The van der Waals surface area contributed by atoms with E-state index in [1.807, 2.05) is 24.3 Å². The van der Waals surface area contributed by atoms with E-state index in [0.717, 1.165) is 12.1 Å². The molecule has 128 valence electrons. The van der Waals surface area contributed by atoms with Gasteiger partial charge in [0.25, 0.3) is 0 Å². The fraction of sp³-hybridized carbons (Fsp3) is 0.429. The number of benzene rings is 2. The molecule has 2 aromatic rings. The van der Waals surface area contributed by atoms with Crippen LogP contribution in [-0.2, 0) is 6.54 Å². The summed E-state index contributed by atoms with van der Waals surface area (Å²) in [7, 11) is 0. The summed E-state index contributed by atoms with van der Waals surface area (Å²) >= 11 is 5.96. The molecule has 3 heteroatoms. The Morgan fingerprint density at radius 2 is 1.62 bits per heavy atom. The number of aliphatic hydroxyl groups is 1. The highest BCUT2D eigenvalue weighted by Gasteiger charge is 2.24. The van der Waals surface area contributed by atoms with Gasteiger partial charge in [-0.2, -0.15) is 0 Å². The van der Waals surface area contributed by atoms with Crippen LogP contribution in [-0.4, -0.2) is 22.6 Å². The number of nitrogens with zero attached hydrogens (tertiary/aromatic N) is 1. The van der Waals surface area contributed by atoms with Crippen molar-refractivity contribution < 1.29 is 5.11 Å². The van der Waals surface area contributed by atoms with E-state index < -0.39 is 6.10 Å². The lowest BCUT2D eigenvalue weighted by atomic mass is 9.93. The monoisotopic (exact) mass is 343 g/mol. The molecule has 0 unspecified atom stereocenters. The molecule has 3 rings (SSSR count). The van der Waals surface area contributed by atoms with Crippen LogP contribution in [0.25, 0.3) is 0 Å². The molecular formula is C21H26ClNO. The van der Waals surface area contributed by atoms with Crippen LogP contribution in [0.3, 0.4) is 0 Å². The Kier molecular flexibility index (Phi) is 6.30. The van der Waals surface area contributed by atoms with Crippen molar-refractivity contribution in [2.24, 2.45) is 0 Å². The van der Waals surface area contributed by atoms with E-state index in [9.17, 15) is 5.11 Å². The number of halogens is 1. The van der Waals surface area contributed by atoms with Gasteiger partial charge in [0.05, 0.1) is 6.10 Å². The first-order chi connectivity index (χ1) is 11.7. The lowest BCUT2D eigenvalue weighted by molar-refractivity contribution is 0.0674. The molecule has 2 aromatic carbocycles. The van der Waals surface area contributed by atoms with Gasteiger partial charge in [0.2, 0.25) is 0 Å². The molecular weight excluding hydrogens is 318 g/mol. The van der Waals surface area contributed by atoms with Gasteiger partial charge in [-0.25, -0.2) is 0 Å². The third-order valence-corrected chi connectivity index (χ3v) is 5.23. The standard InChI is InChI=1S/C21H26ClNO/c22-19-13-11-18(12-14-19)21(24)16-23(20-9-5-2-6-10-20)15-17-7-3-1-4-8-17/h1,3-4,7-8,11-14,20-21,24H,2,5-6,9-10,15-16H2/t21-/m1/s1. The van der Waals surface area contributed by atoms with Gasteiger partial charge in [-0.15, -0.1) is 0 Å². The summed E-state index contributed by atoms with van der Waals surface area (Å²) in [6, 6.07) is 18.7. The van der Waals surface area contributed by atoms with Crippen molar-refractivity contribution in [3.05, 3.63) is 70.7 Å². The van der Waals surface area contributed by atoms with Crippen LogP contribution < -0.4 is 0 Å². The molecule has 1 atom stereocenters. The average molecular weight is 344 g/mol. The molecule has 1 fully saturated rings. The van der Waals surface area contributed by atoms with Crippen LogP contribution in [0.4, 0.5) is 0 Å². The summed E-state index contributed by atoms with van der Waals surface area (Å²) in [5.74, 6) is 0. The Hall–Kier alpha value is -1.35. The smallest absolute Gasteiger partial charge is 0.0917 e. The highest BCUT2D eigenvalue weighted by Crippen LogP contribution is 2.27. The molecule has 1 N–H and O–H groups in total. The van der Waals surface area contributed by atoms with Crippen molar-refractivity contribution in [1.82, 2.24) is 4.90 Å². The Balaban J connectivity index is 1.72. The topological polar surface area (TPSA) is 23.5 Å². The highest BCUT2D eigenvalue weighted by atomic mass is 35.5. The first-order valence-corrected chi connectivity index (χ1v) is 9.31. The van der Waals surface area contributed by atoms with Crippen LogP contribution in [0.1, 0.15) is 49.3 Å². The fourth-order valence-electron chi connectivity index (χ4n) is 3.62. The summed E-state index contributed by atoms with van der Waals surface area (Å²) < 4.78 is 0. The maximum absolute atomic E-state index is 10.7. The largest absolute Gasteiger partial charge is 0.387 e. The molecule has 0 radical (unpaired) electrons. The first kappa shape index (κ1) is 17.5. The lowest BCUT2D eigenvalue weighted by Gasteiger charge is -2.35. The van der Waals surface area contributed by atoms with E-state index >= 15 is 0 Å². The quantitative estimate of drug-likeness (QED) is 0.778. The van der Waals surface area contributed by atoms with E-state index in [1.54, 1.807) is 0 Å². The molecule has 0 amide bonds. The van der Waals surface area contributed by atoms with Gasteiger partial charge in [-0.3, -0.25) is 4.90 Å². The van der Waals surface area contributed by atoms with Crippen molar-refractivity contribution >= 4 is 11.6 Å². The van der Waals surface area contributed by atoms with Gasteiger partial charge in [0.15, 0.2) is 0 Å². The van der Waals surface area contributed by atoms with Crippen molar-refractivity contribution in [3.8, 4) is 0 Å². The molecule has 1 aliphatic rings. The van der Waals surface area contributed by atoms with Gasteiger partial charge >= 0.3 is 0 Å². The normalized spacial score (nSPS) is 17.1. The maximum Gasteiger partial charge on any atom is 0.0917 e.